The Kier molecular flexibility index (Phi) is 2.22. The topological polar surface area (TPSA) is 43.9 Å². The number of aromatic nitrogens is 3. The summed E-state index contributed by atoms with van der Waals surface area (Å²) in [5, 5.41) is 4.64. The van der Waals surface area contributed by atoms with Crippen molar-refractivity contribution >= 4 is 0 Å². The molecule has 2 heterocycles. The zero-order valence-corrected chi connectivity index (χ0v) is 11.4. The van der Waals surface area contributed by atoms with E-state index in [0.29, 0.717) is 5.82 Å². The van der Waals surface area contributed by atoms with Crippen molar-refractivity contribution in [1.29, 1.82) is 0 Å². The van der Waals surface area contributed by atoms with E-state index in [9.17, 15) is 0 Å². The molecule has 0 atom stereocenters. The van der Waals surface area contributed by atoms with Gasteiger partial charge in [-0.05, 0) is 45.7 Å². The number of nitrogens with zero attached hydrogens (tertiary/aromatic N) is 3. The second-order valence-corrected chi connectivity index (χ2v) is 6.38. The van der Waals surface area contributed by atoms with Crippen LogP contribution in [0.4, 0.5) is 0 Å². The highest BCUT2D eigenvalue weighted by Crippen LogP contribution is 2.48. The van der Waals surface area contributed by atoms with Crippen molar-refractivity contribution in [3.05, 3.63) is 24.2 Å². The number of furan rings is 1. The number of hydrogen-bond donors (Lipinski definition) is 0. The summed E-state index contributed by atoms with van der Waals surface area (Å²) < 4.78 is 7.45. The predicted octanol–water partition coefficient (Wildman–Crippen LogP) is 3.34. The third kappa shape index (κ3) is 1.76. The molecule has 1 aliphatic rings. The summed E-state index contributed by atoms with van der Waals surface area (Å²) in [5.74, 6) is 2.52. The molecule has 0 aliphatic heterocycles. The lowest BCUT2D eigenvalue weighted by Crippen LogP contribution is -2.28. The highest BCUT2D eigenvalue weighted by Gasteiger charge is 2.45. The second-order valence-electron chi connectivity index (χ2n) is 6.38. The van der Waals surface area contributed by atoms with Gasteiger partial charge in [-0.1, -0.05) is 6.92 Å². The molecular formula is C14H19N3O. The van der Waals surface area contributed by atoms with Crippen molar-refractivity contribution in [1.82, 2.24) is 14.8 Å². The predicted molar refractivity (Wildman–Crippen MR) is 69.3 cm³/mol. The van der Waals surface area contributed by atoms with Gasteiger partial charge in [0.1, 0.15) is 5.82 Å². The van der Waals surface area contributed by atoms with Crippen LogP contribution in [0.2, 0.25) is 0 Å². The molecule has 4 heteroatoms. The van der Waals surface area contributed by atoms with E-state index in [2.05, 4.69) is 37.5 Å². The molecule has 18 heavy (non-hydrogen) atoms. The zero-order valence-electron chi connectivity index (χ0n) is 11.4. The fourth-order valence-corrected chi connectivity index (χ4v) is 2.09. The minimum absolute atomic E-state index is 0.0568. The third-order valence-electron chi connectivity index (χ3n) is 3.52. The van der Waals surface area contributed by atoms with Gasteiger partial charge in [0.15, 0.2) is 5.76 Å². The minimum Gasteiger partial charge on any atom is -0.461 e. The number of rotatable bonds is 2. The summed E-state index contributed by atoms with van der Waals surface area (Å²) in [7, 11) is 0. The SMILES string of the molecule is CC1(c2nc(-c3ccco3)nn2C(C)(C)C)CC1. The first kappa shape index (κ1) is 11.5. The van der Waals surface area contributed by atoms with Gasteiger partial charge in [0.05, 0.1) is 11.8 Å². The normalized spacial score (nSPS) is 18.0. The zero-order chi connectivity index (χ0) is 13.0. The van der Waals surface area contributed by atoms with Crippen molar-refractivity contribution in [2.45, 2.75) is 51.5 Å². The Balaban J connectivity index is 2.13. The summed E-state index contributed by atoms with van der Waals surface area (Å²) >= 11 is 0. The summed E-state index contributed by atoms with van der Waals surface area (Å²) in [6.45, 7) is 8.72. The quantitative estimate of drug-likeness (QED) is 0.815. The Morgan fingerprint density at radius 2 is 2.06 bits per heavy atom. The van der Waals surface area contributed by atoms with E-state index in [1.54, 1.807) is 6.26 Å². The van der Waals surface area contributed by atoms with Gasteiger partial charge in [-0.25, -0.2) is 9.67 Å². The third-order valence-corrected chi connectivity index (χ3v) is 3.52. The molecule has 1 saturated carbocycles. The van der Waals surface area contributed by atoms with Gasteiger partial charge >= 0.3 is 0 Å². The highest BCUT2D eigenvalue weighted by molar-refractivity contribution is 5.46. The van der Waals surface area contributed by atoms with E-state index in [0.717, 1.165) is 11.6 Å². The molecule has 0 amide bonds. The summed E-state index contributed by atoms with van der Waals surface area (Å²) in [4.78, 5) is 4.71. The molecular weight excluding hydrogens is 226 g/mol. The Hall–Kier alpha value is -1.58. The van der Waals surface area contributed by atoms with Gasteiger partial charge in [0.2, 0.25) is 5.82 Å². The Labute approximate surface area is 107 Å². The van der Waals surface area contributed by atoms with E-state index in [1.165, 1.54) is 12.8 Å². The molecule has 3 rings (SSSR count). The highest BCUT2D eigenvalue weighted by atomic mass is 16.3. The summed E-state index contributed by atoms with van der Waals surface area (Å²) in [6.07, 6.45) is 4.05. The van der Waals surface area contributed by atoms with Gasteiger partial charge in [-0.2, -0.15) is 0 Å². The Bertz CT molecular complexity index is 534. The summed E-state index contributed by atoms with van der Waals surface area (Å²) in [5.41, 5.74) is 0.143. The van der Waals surface area contributed by atoms with E-state index in [4.69, 9.17) is 9.40 Å². The lowest BCUT2D eigenvalue weighted by molar-refractivity contribution is 0.332. The van der Waals surface area contributed by atoms with Gasteiger partial charge in [0, 0.05) is 5.41 Å². The van der Waals surface area contributed by atoms with E-state index >= 15 is 0 Å². The molecule has 4 nitrogen and oxygen atoms in total. The van der Waals surface area contributed by atoms with Crippen molar-refractivity contribution < 1.29 is 4.42 Å². The average Bonchev–Trinajstić information content (AvgIpc) is 2.77. The lowest BCUT2D eigenvalue weighted by Gasteiger charge is -2.23. The van der Waals surface area contributed by atoms with E-state index < -0.39 is 0 Å². The molecule has 0 aromatic carbocycles. The average molecular weight is 245 g/mol. The molecule has 0 saturated heterocycles. The Morgan fingerprint density at radius 3 is 2.56 bits per heavy atom. The molecule has 0 N–H and O–H groups in total. The maximum absolute atomic E-state index is 5.40. The first-order valence-electron chi connectivity index (χ1n) is 6.42. The minimum atomic E-state index is -0.0568. The maximum Gasteiger partial charge on any atom is 0.217 e. The molecule has 2 aromatic rings. The largest absolute Gasteiger partial charge is 0.461 e. The first-order valence-corrected chi connectivity index (χ1v) is 6.42. The van der Waals surface area contributed by atoms with Crippen LogP contribution in [0.3, 0.4) is 0 Å². The van der Waals surface area contributed by atoms with Crippen LogP contribution in [0, 0.1) is 0 Å². The van der Waals surface area contributed by atoms with Crippen molar-refractivity contribution in [3.63, 3.8) is 0 Å². The van der Waals surface area contributed by atoms with Crippen LogP contribution in [0.15, 0.2) is 22.8 Å². The van der Waals surface area contributed by atoms with Gasteiger partial charge in [0.25, 0.3) is 0 Å². The van der Waals surface area contributed by atoms with Crippen LogP contribution < -0.4 is 0 Å². The smallest absolute Gasteiger partial charge is 0.217 e. The fraction of sp³-hybridized carbons (Fsp3) is 0.571. The molecule has 2 aromatic heterocycles. The van der Waals surface area contributed by atoms with Crippen LogP contribution >= 0.6 is 0 Å². The maximum atomic E-state index is 5.40. The van der Waals surface area contributed by atoms with Gasteiger partial charge < -0.3 is 4.42 Å². The number of hydrogen-bond acceptors (Lipinski definition) is 3. The molecule has 0 bridgehead atoms. The molecule has 1 aliphatic carbocycles. The summed E-state index contributed by atoms with van der Waals surface area (Å²) in [6, 6.07) is 3.77. The monoisotopic (exact) mass is 245 g/mol. The van der Waals surface area contributed by atoms with Crippen LogP contribution in [0.1, 0.15) is 46.4 Å². The van der Waals surface area contributed by atoms with E-state index in [1.807, 2.05) is 12.1 Å². The standard InChI is InChI=1S/C14H19N3O/c1-13(2,3)17-12(14(4)7-8-14)15-11(16-17)10-6-5-9-18-10/h5-6,9H,7-8H2,1-4H3. The van der Waals surface area contributed by atoms with Crippen molar-refractivity contribution in [3.8, 4) is 11.6 Å². The van der Waals surface area contributed by atoms with Gasteiger partial charge in [-0.3, -0.25) is 0 Å². The lowest BCUT2D eigenvalue weighted by atomic mass is 10.1. The van der Waals surface area contributed by atoms with Crippen LogP contribution in [-0.4, -0.2) is 14.8 Å². The van der Waals surface area contributed by atoms with Crippen LogP contribution in [0.5, 0.6) is 0 Å². The van der Waals surface area contributed by atoms with Crippen LogP contribution in [0.25, 0.3) is 11.6 Å². The van der Waals surface area contributed by atoms with E-state index in [-0.39, 0.29) is 11.0 Å². The Morgan fingerprint density at radius 1 is 1.33 bits per heavy atom. The fourth-order valence-electron chi connectivity index (χ4n) is 2.09. The molecule has 1 fully saturated rings. The molecule has 0 spiro atoms. The molecule has 0 radical (unpaired) electrons. The van der Waals surface area contributed by atoms with Crippen molar-refractivity contribution in [2.24, 2.45) is 0 Å². The van der Waals surface area contributed by atoms with Crippen molar-refractivity contribution in [2.75, 3.05) is 0 Å². The van der Waals surface area contributed by atoms with Crippen LogP contribution in [-0.2, 0) is 11.0 Å². The second kappa shape index (κ2) is 3.46. The molecule has 0 unspecified atom stereocenters. The first-order chi connectivity index (χ1) is 8.40. The molecule has 96 valence electrons. The van der Waals surface area contributed by atoms with Gasteiger partial charge in [-0.15, -0.1) is 5.10 Å².